The third kappa shape index (κ3) is 7.52. The lowest BCUT2D eigenvalue weighted by atomic mass is 9.74. The number of pyridine rings is 1. The monoisotopic (exact) mass is 660 g/mol. The lowest BCUT2D eigenvalue weighted by Gasteiger charge is -2.45. The molecule has 0 unspecified atom stereocenters. The number of nitrogens with zero attached hydrogens (tertiary/aromatic N) is 8. The van der Waals surface area contributed by atoms with E-state index in [4.69, 9.17) is 14.7 Å². The Kier molecular flexibility index (Phi) is 9.70. The molecular weight excluding hydrogens is 616 g/mol. The SMILES string of the molecule is Cn1cc(-c2ccc(N(C(=O)NCc3ccccc3)[C@H]3CC[C@@H](Nc4ncc(C#N)c(N5CCCC6(CCOCC6)C5)n4)CC3)nc2)cn1. The third-order valence-electron chi connectivity index (χ3n) is 10.3. The normalized spacial score (nSPS) is 20.4. The quantitative estimate of drug-likeness (QED) is 0.245. The minimum atomic E-state index is -0.161. The number of nitriles is 1. The smallest absolute Gasteiger partial charge is 0.323 e. The maximum Gasteiger partial charge on any atom is 0.323 e. The Labute approximate surface area is 287 Å². The van der Waals surface area contributed by atoms with E-state index in [2.05, 4.69) is 31.7 Å². The first kappa shape index (κ1) is 32.5. The van der Waals surface area contributed by atoms with E-state index in [1.54, 1.807) is 10.9 Å². The van der Waals surface area contributed by atoms with Crippen LogP contribution in [0.3, 0.4) is 0 Å². The molecule has 5 heterocycles. The second-order valence-electron chi connectivity index (χ2n) is 13.7. The molecule has 49 heavy (non-hydrogen) atoms. The van der Waals surface area contributed by atoms with E-state index < -0.39 is 0 Å². The van der Waals surface area contributed by atoms with E-state index in [0.29, 0.717) is 23.9 Å². The maximum absolute atomic E-state index is 13.8. The summed E-state index contributed by atoms with van der Waals surface area (Å²) in [5.74, 6) is 1.90. The van der Waals surface area contributed by atoms with Gasteiger partial charge in [0.25, 0.3) is 0 Å². The van der Waals surface area contributed by atoms with E-state index in [-0.39, 0.29) is 23.5 Å². The van der Waals surface area contributed by atoms with Crippen LogP contribution in [0.1, 0.15) is 62.5 Å². The fourth-order valence-corrected chi connectivity index (χ4v) is 7.61. The van der Waals surface area contributed by atoms with E-state index in [0.717, 1.165) is 93.8 Å². The van der Waals surface area contributed by atoms with Crippen LogP contribution in [-0.4, -0.2) is 69.2 Å². The number of amides is 2. The molecule has 3 aromatic heterocycles. The highest BCUT2D eigenvalue weighted by Crippen LogP contribution is 2.41. The van der Waals surface area contributed by atoms with Gasteiger partial charge >= 0.3 is 6.03 Å². The van der Waals surface area contributed by atoms with Gasteiger partial charge in [0.05, 0.1) is 12.4 Å². The number of anilines is 3. The highest BCUT2D eigenvalue weighted by Gasteiger charge is 2.38. The molecular formula is C37H44N10O2. The van der Waals surface area contributed by atoms with Crippen molar-refractivity contribution in [1.82, 2.24) is 30.0 Å². The van der Waals surface area contributed by atoms with Gasteiger partial charge in [0.2, 0.25) is 5.95 Å². The van der Waals surface area contributed by atoms with Crippen molar-refractivity contribution < 1.29 is 9.53 Å². The van der Waals surface area contributed by atoms with E-state index in [1.807, 2.05) is 73.0 Å². The molecule has 7 rings (SSSR count). The number of urea groups is 1. The second kappa shape index (κ2) is 14.6. The van der Waals surface area contributed by atoms with Crippen LogP contribution >= 0.6 is 0 Å². The lowest BCUT2D eigenvalue weighted by Crippen LogP contribution is -2.49. The molecule has 3 aliphatic rings. The number of piperidine rings is 1. The Balaban J connectivity index is 1.04. The van der Waals surface area contributed by atoms with Gasteiger partial charge in [0.15, 0.2) is 5.82 Å². The van der Waals surface area contributed by atoms with Crippen molar-refractivity contribution in [3.8, 4) is 17.2 Å². The summed E-state index contributed by atoms with van der Waals surface area (Å²) in [6.45, 7) is 3.82. The molecule has 4 aromatic rings. The number of ether oxygens (including phenoxy) is 1. The fourth-order valence-electron chi connectivity index (χ4n) is 7.61. The number of hydrogen-bond donors (Lipinski definition) is 2. The van der Waals surface area contributed by atoms with Crippen LogP contribution in [0.15, 0.2) is 67.3 Å². The summed E-state index contributed by atoms with van der Waals surface area (Å²) in [7, 11) is 1.89. The highest BCUT2D eigenvalue weighted by molar-refractivity contribution is 5.91. The molecule has 0 bridgehead atoms. The number of aryl methyl sites for hydroxylation is 1. The van der Waals surface area contributed by atoms with Crippen molar-refractivity contribution in [2.45, 2.75) is 70.0 Å². The number of hydrogen-bond acceptors (Lipinski definition) is 9. The summed E-state index contributed by atoms with van der Waals surface area (Å²) in [5, 5.41) is 20.9. The standard InChI is InChI=1S/C37H44N10O2/c1-45-25-30(24-42-45)28-8-13-33(39-22-28)47(36(48)41-21-27-6-3-2-4-7-27)32-11-9-31(10-12-32)43-35-40-23-29(20-38)34(44-35)46-17-5-14-37(26-46)15-18-49-19-16-37/h2-4,6-8,13,22-25,31-32H,5,9-12,14-19,21,26H2,1H3,(H,41,48)(H,40,43,44)/t31-,32+. The van der Waals surface area contributed by atoms with Crippen LogP contribution in [0.25, 0.3) is 11.1 Å². The van der Waals surface area contributed by atoms with Gasteiger partial charge in [0, 0.05) is 75.5 Å². The van der Waals surface area contributed by atoms with E-state index >= 15 is 0 Å². The van der Waals surface area contributed by atoms with Crippen LogP contribution in [0.2, 0.25) is 0 Å². The van der Waals surface area contributed by atoms with Crippen molar-refractivity contribution in [2.75, 3.05) is 41.4 Å². The number of nitrogens with one attached hydrogen (secondary N) is 2. The fraction of sp³-hybridized carbons (Fsp3) is 0.459. The van der Waals surface area contributed by atoms with Gasteiger partial charge in [-0.05, 0) is 74.5 Å². The van der Waals surface area contributed by atoms with Gasteiger partial charge < -0.3 is 20.3 Å². The van der Waals surface area contributed by atoms with Gasteiger partial charge in [-0.25, -0.2) is 14.8 Å². The van der Waals surface area contributed by atoms with Gasteiger partial charge in [-0.1, -0.05) is 30.3 Å². The molecule has 12 nitrogen and oxygen atoms in total. The minimum absolute atomic E-state index is 0.0213. The Morgan fingerprint density at radius 2 is 1.84 bits per heavy atom. The van der Waals surface area contributed by atoms with Gasteiger partial charge in [-0.15, -0.1) is 0 Å². The van der Waals surface area contributed by atoms with Crippen molar-refractivity contribution in [3.05, 3.63) is 78.4 Å². The van der Waals surface area contributed by atoms with Crippen LogP contribution in [0, 0.1) is 16.7 Å². The summed E-state index contributed by atoms with van der Waals surface area (Å²) < 4.78 is 7.42. The highest BCUT2D eigenvalue weighted by atomic mass is 16.5. The van der Waals surface area contributed by atoms with Gasteiger partial charge in [0.1, 0.15) is 17.5 Å². The Morgan fingerprint density at radius 3 is 2.55 bits per heavy atom. The van der Waals surface area contributed by atoms with E-state index in [9.17, 15) is 10.1 Å². The minimum Gasteiger partial charge on any atom is -0.381 e. The van der Waals surface area contributed by atoms with Crippen molar-refractivity contribution >= 4 is 23.6 Å². The first-order valence-corrected chi connectivity index (χ1v) is 17.4. The lowest BCUT2D eigenvalue weighted by molar-refractivity contribution is 0.00746. The third-order valence-corrected chi connectivity index (χ3v) is 10.3. The summed E-state index contributed by atoms with van der Waals surface area (Å²) in [5.41, 5.74) is 3.71. The number of aromatic nitrogens is 5. The predicted molar refractivity (Wildman–Crippen MR) is 188 cm³/mol. The number of rotatable bonds is 8. The van der Waals surface area contributed by atoms with Crippen LogP contribution in [0.5, 0.6) is 0 Å². The first-order valence-electron chi connectivity index (χ1n) is 17.4. The topological polar surface area (TPSA) is 137 Å². The van der Waals surface area contributed by atoms with Crippen molar-refractivity contribution in [2.24, 2.45) is 12.5 Å². The molecule has 2 saturated heterocycles. The molecule has 1 aromatic carbocycles. The molecule has 3 fully saturated rings. The van der Waals surface area contributed by atoms with E-state index in [1.165, 1.54) is 6.42 Å². The largest absolute Gasteiger partial charge is 0.381 e. The van der Waals surface area contributed by atoms with Crippen molar-refractivity contribution in [3.63, 3.8) is 0 Å². The van der Waals surface area contributed by atoms with Gasteiger partial charge in [-0.3, -0.25) is 9.58 Å². The molecule has 2 amide bonds. The molecule has 2 N–H and O–H groups in total. The van der Waals surface area contributed by atoms with Gasteiger partial charge in [-0.2, -0.15) is 15.3 Å². The molecule has 1 saturated carbocycles. The summed E-state index contributed by atoms with van der Waals surface area (Å²) in [4.78, 5) is 32.1. The summed E-state index contributed by atoms with van der Waals surface area (Å²) >= 11 is 0. The number of benzene rings is 1. The summed E-state index contributed by atoms with van der Waals surface area (Å²) in [6, 6.07) is 16.1. The number of carbonyl (C=O) groups excluding carboxylic acids is 1. The first-order chi connectivity index (χ1) is 24.0. The molecule has 2 aliphatic heterocycles. The molecule has 1 aliphatic carbocycles. The average molecular weight is 661 g/mol. The second-order valence-corrected chi connectivity index (χ2v) is 13.7. The van der Waals surface area contributed by atoms with Crippen LogP contribution in [-0.2, 0) is 18.3 Å². The van der Waals surface area contributed by atoms with Crippen LogP contribution in [0.4, 0.5) is 22.4 Å². The molecule has 0 atom stereocenters. The molecule has 12 heteroatoms. The summed E-state index contributed by atoms with van der Waals surface area (Å²) in [6.07, 6.45) is 14.9. The molecule has 254 valence electrons. The Morgan fingerprint density at radius 1 is 1.02 bits per heavy atom. The zero-order valence-corrected chi connectivity index (χ0v) is 28.1. The number of carbonyl (C=O) groups is 1. The average Bonchev–Trinajstić information content (AvgIpc) is 3.58. The molecule has 1 spiro atoms. The predicted octanol–water partition coefficient (Wildman–Crippen LogP) is 5.68. The zero-order chi connectivity index (χ0) is 33.6. The maximum atomic E-state index is 13.8. The molecule has 0 radical (unpaired) electrons. The zero-order valence-electron chi connectivity index (χ0n) is 28.1. The Bertz CT molecular complexity index is 1750. The van der Waals surface area contributed by atoms with Crippen LogP contribution < -0.4 is 20.4 Å². The Hall–Kier alpha value is -5.02. The van der Waals surface area contributed by atoms with Crippen molar-refractivity contribution in [1.29, 1.82) is 5.26 Å².